The highest BCUT2D eigenvalue weighted by Gasteiger charge is 2.26. The van der Waals surface area contributed by atoms with Gasteiger partial charge in [-0.15, -0.1) is 11.3 Å². The van der Waals surface area contributed by atoms with Gasteiger partial charge in [-0.1, -0.05) is 6.07 Å². The third kappa shape index (κ3) is 3.10. The van der Waals surface area contributed by atoms with Crippen molar-refractivity contribution in [3.8, 4) is 16.8 Å². The van der Waals surface area contributed by atoms with Crippen molar-refractivity contribution >= 4 is 29.5 Å². The number of likely N-dealkylation sites (N-methyl/N-ethyl adjacent to an activating group) is 1. The number of aromatic amines is 1. The Morgan fingerprint density at radius 2 is 2.36 bits per heavy atom. The van der Waals surface area contributed by atoms with E-state index < -0.39 is 6.04 Å². The average Bonchev–Trinajstić information content (AvgIpc) is 3.14. The molecule has 2 heterocycles. The Hall–Kier alpha value is -1.98. The maximum atomic E-state index is 12.6. The average molecular weight is 335 g/mol. The van der Waals surface area contributed by atoms with Crippen LogP contribution in [0.5, 0.6) is 0 Å². The molecule has 22 heavy (non-hydrogen) atoms. The van der Waals surface area contributed by atoms with Gasteiger partial charge in [0.15, 0.2) is 10.6 Å². The number of hydrogen-bond acceptors (Lipinski definition) is 5. The molecule has 2 aromatic rings. The van der Waals surface area contributed by atoms with Crippen LogP contribution in [0.15, 0.2) is 17.5 Å². The van der Waals surface area contributed by atoms with Crippen LogP contribution < -0.4 is 0 Å². The van der Waals surface area contributed by atoms with Gasteiger partial charge in [0.1, 0.15) is 6.04 Å². The van der Waals surface area contributed by atoms with Crippen molar-refractivity contribution in [3.63, 3.8) is 0 Å². The van der Waals surface area contributed by atoms with Gasteiger partial charge in [-0.2, -0.15) is 10.4 Å². The van der Waals surface area contributed by atoms with Gasteiger partial charge in [0.2, 0.25) is 5.91 Å². The molecule has 0 spiro atoms. The van der Waals surface area contributed by atoms with Crippen molar-refractivity contribution in [2.24, 2.45) is 0 Å². The van der Waals surface area contributed by atoms with Gasteiger partial charge in [0, 0.05) is 13.1 Å². The Morgan fingerprint density at radius 3 is 2.95 bits per heavy atom. The van der Waals surface area contributed by atoms with E-state index >= 15 is 0 Å². The Kier molecular flexibility index (Phi) is 5.11. The lowest BCUT2D eigenvalue weighted by molar-refractivity contribution is -0.134. The zero-order valence-corrected chi connectivity index (χ0v) is 14.2. The van der Waals surface area contributed by atoms with Crippen molar-refractivity contribution < 1.29 is 4.79 Å². The predicted octanol–water partition coefficient (Wildman–Crippen LogP) is 2.99. The molecule has 1 N–H and O–H groups in total. The van der Waals surface area contributed by atoms with Crippen LogP contribution >= 0.6 is 23.6 Å². The Bertz CT molecular complexity index is 740. The number of H-pyrrole nitrogens is 1. The maximum absolute atomic E-state index is 12.6. The minimum Gasteiger partial charge on any atom is -0.340 e. The third-order valence-electron chi connectivity index (χ3n) is 3.59. The lowest BCUT2D eigenvalue weighted by Gasteiger charge is -2.27. The highest BCUT2D eigenvalue weighted by molar-refractivity contribution is 7.71. The van der Waals surface area contributed by atoms with Crippen molar-refractivity contribution in [2.75, 3.05) is 7.05 Å². The minimum atomic E-state index is -0.491. The van der Waals surface area contributed by atoms with Gasteiger partial charge < -0.3 is 4.90 Å². The second kappa shape index (κ2) is 6.85. The first-order valence-corrected chi connectivity index (χ1v) is 8.10. The SMILES string of the molecule is CC(CC#N)N(C)C(=O)C(C)n1c(-c2cccs2)n[nH]c1=S. The number of rotatable bonds is 5. The van der Waals surface area contributed by atoms with E-state index in [1.54, 1.807) is 23.4 Å². The van der Waals surface area contributed by atoms with E-state index in [0.717, 1.165) is 4.88 Å². The summed E-state index contributed by atoms with van der Waals surface area (Å²) in [5.41, 5.74) is 0. The van der Waals surface area contributed by atoms with Gasteiger partial charge in [-0.25, -0.2) is 0 Å². The van der Waals surface area contributed by atoms with Crippen molar-refractivity contribution in [3.05, 3.63) is 22.3 Å². The summed E-state index contributed by atoms with van der Waals surface area (Å²) in [6.45, 7) is 3.64. The summed E-state index contributed by atoms with van der Waals surface area (Å²) in [6, 6.07) is 5.31. The Balaban J connectivity index is 2.32. The molecule has 2 unspecified atom stereocenters. The van der Waals surface area contributed by atoms with Crippen LogP contribution in [0.4, 0.5) is 0 Å². The lowest BCUT2D eigenvalue weighted by Crippen LogP contribution is -2.39. The van der Waals surface area contributed by atoms with Crippen molar-refractivity contribution in [1.29, 1.82) is 5.26 Å². The summed E-state index contributed by atoms with van der Waals surface area (Å²) >= 11 is 6.81. The quantitative estimate of drug-likeness (QED) is 0.852. The fourth-order valence-electron chi connectivity index (χ4n) is 2.14. The first-order chi connectivity index (χ1) is 10.5. The van der Waals surface area contributed by atoms with E-state index in [0.29, 0.717) is 17.0 Å². The highest BCUT2D eigenvalue weighted by Crippen LogP contribution is 2.26. The molecule has 0 aliphatic rings. The molecular weight excluding hydrogens is 318 g/mol. The van der Waals surface area contributed by atoms with Crippen LogP contribution in [0.1, 0.15) is 26.3 Å². The Morgan fingerprint density at radius 1 is 1.64 bits per heavy atom. The van der Waals surface area contributed by atoms with E-state index in [2.05, 4.69) is 16.3 Å². The second-order valence-corrected chi connectivity index (χ2v) is 6.37. The van der Waals surface area contributed by atoms with Gasteiger partial charge in [0.05, 0.1) is 17.4 Å². The molecule has 0 fully saturated rings. The first-order valence-electron chi connectivity index (χ1n) is 6.81. The summed E-state index contributed by atoms with van der Waals surface area (Å²) < 4.78 is 2.13. The molecule has 0 aliphatic carbocycles. The number of carbonyl (C=O) groups excluding carboxylic acids is 1. The van der Waals surface area contributed by atoms with Crippen LogP contribution in [0, 0.1) is 16.1 Å². The van der Waals surface area contributed by atoms with Crippen LogP contribution in [0.25, 0.3) is 10.7 Å². The van der Waals surface area contributed by atoms with E-state index in [1.807, 2.05) is 24.4 Å². The van der Waals surface area contributed by atoms with Crippen molar-refractivity contribution in [2.45, 2.75) is 32.4 Å². The summed E-state index contributed by atoms with van der Waals surface area (Å²) in [4.78, 5) is 15.2. The number of hydrogen-bond donors (Lipinski definition) is 1. The molecular formula is C14H17N5OS2. The maximum Gasteiger partial charge on any atom is 0.245 e. The summed E-state index contributed by atoms with van der Waals surface area (Å²) in [7, 11) is 1.70. The molecule has 0 bridgehead atoms. The number of amides is 1. The van der Waals surface area contributed by atoms with Crippen LogP contribution in [-0.2, 0) is 4.79 Å². The van der Waals surface area contributed by atoms with Gasteiger partial charge in [-0.05, 0) is 37.5 Å². The molecule has 2 atom stereocenters. The normalized spacial score (nSPS) is 13.4. The molecule has 0 saturated heterocycles. The predicted molar refractivity (Wildman–Crippen MR) is 87.9 cm³/mol. The van der Waals surface area contributed by atoms with Crippen LogP contribution in [-0.4, -0.2) is 38.7 Å². The molecule has 6 nitrogen and oxygen atoms in total. The minimum absolute atomic E-state index is 0.0990. The molecule has 8 heteroatoms. The highest BCUT2D eigenvalue weighted by atomic mass is 32.1. The number of carbonyl (C=O) groups is 1. The summed E-state index contributed by atoms with van der Waals surface area (Å²) in [6.07, 6.45) is 0.295. The van der Waals surface area contributed by atoms with E-state index in [1.165, 1.54) is 11.3 Å². The van der Waals surface area contributed by atoms with Crippen LogP contribution in [0.2, 0.25) is 0 Å². The molecule has 0 aromatic carbocycles. The number of thiophene rings is 1. The van der Waals surface area contributed by atoms with Gasteiger partial charge >= 0.3 is 0 Å². The third-order valence-corrected chi connectivity index (χ3v) is 4.74. The molecule has 2 aromatic heterocycles. The van der Waals surface area contributed by atoms with E-state index in [9.17, 15) is 4.79 Å². The molecule has 1 amide bonds. The summed E-state index contributed by atoms with van der Waals surface area (Å²) in [5, 5.41) is 17.7. The summed E-state index contributed by atoms with van der Waals surface area (Å²) in [5.74, 6) is 0.556. The topological polar surface area (TPSA) is 77.7 Å². The Labute approximate surface area is 138 Å². The molecule has 2 rings (SSSR count). The fraction of sp³-hybridized carbons (Fsp3) is 0.429. The van der Waals surface area contributed by atoms with E-state index in [-0.39, 0.29) is 11.9 Å². The molecule has 116 valence electrons. The number of nitriles is 1. The monoisotopic (exact) mass is 335 g/mol. The van der Waals surface area contributed by atoms with Gasteiger partial charge in [0.25, 0.3) is 0 Å². The van der Waals surface area contributed by atoms with Crippen molar-refractivity contribution in [1.82, 2.24) is 19.7 Å². The zero-order valence-electron chi connectivity index (χ0n) is 12.6. The molecule has 0 saturated carbocycles. The van der Waals surface area contributed by atoms with Crippen LogP contribution in [0.3, 0.4) is 0 Å². The standard InChI is InChI=1S/C14H17N5OS2/c1-9(6-7-15)18(3)13(20)10(2)19-12(16-17-14(19)21)11-5-4-8-22-11/h4-5,8-10H,6H2,1-3H3,(H,17,21). The number of aromatic nitrogens is 3. The lowest BCUT2D eigenvalue weighted by atomic mass is 10.2. The largest absolute Gasteiger partial charge is 0.340 e. The zero-order chi connectivity index (χ0) is 16.3. The smallest absolute Gasteiger partial charge is 0.245 e. The fourth-order valence-corrected chi connectivity index (χ4v) is 3.14. The number of nitrogens with one attached hydrogen (secondary N) is 1. The molecule has 0 aliphatic heterocycles. The molecule has 0 radical (unpaired) electrons. The first kappa shape index (κ1) is 16.4. The van der Waals surface area contributed by atoms with Gasteiger partial charge in [-0.3, -0.25) is 14.5 Å². The van der Waals surface area contributed by atoms with E-state index in [4.69, 9.17) is 17.5 Å². The second-order valence-electron chi connectivity index (χ2n) is 5.04. The number of nitrogens with zero attached hydrogens (tertiary/aromatic N) is 4.